The molecule has 3 aliphatic rings. The van der Waals surface area contributed by atoms with Crippen LogP contribution in [0, 0.1) is 35.3 Å². The first-order valence-electron chi connectivity index (χ1n) is 14.6. The number of hydrogen-bond donors (Lipinski definition) is 2. The fourth-order valence-corrected chi connectivity index (χ4v) is 7.84. The molecular formula is C32H31F4N5O3S. The zero-order valence-corrected chi connectivity index (χ0v) is 25.7. The molecule has 3 fully saturated rings. The van der Waals surface area contributed by atoms with E-state index in [0.29, 0.717) is 65.1 Å². The van der Waals surface area contributed by atoms with Gasteiger partial charge in [-0.25, -0.2) is 17.6 Å². The van der Waals surface area contributed by atoms with Crippen LogP contribution in [0.1, 0.15) is 76.0 Å². The standard InChI is InChI=1S/C32H31F4N5O3S/c1-15(2)8-20-24(27(37)42)26(22-6-7-23(45-22)28(43)38-11-17-4-5-18(33)19(34)9-17)25(29-41-40-16(3)44-29)21(39-20)10-31-12-32(13-31,14-31)30(35)36/h4-7,9,15,30H,8,10-14H2,1-3H3,(H2,37,42)(H,38,43). The second kappa shape index (κ2) is 11.3. The van der Waals surface area contributed by atoms with Gasteiger partial charge in [-0.2, -0.15) is 0 Å². The first-order chi connectivity index (χ1) is 21.3. The first kappa shape index (κ1) is 30.9. The Kier molecular flexibility index (Phi) is 7.78. The molecule has 2 amide bonds. The fourth-order valence-electron chi connectivity index (χ4n) is 6.86. The quantitative estimate of drug-likeness (QED) is 0.177. The van der Waals surface area contributed by atoms with Crippen molar-refractivity contribution < 1.29 is 31.6 Å². The van der Waals surface area contributed by atoms with E-state index in [9.17, 15) is 27.2 Å². The predicted molar refractivity (Wildman–Crippen MR) is 159 cm³/mol. The molecule has 0 spiro atoms. The highest BCUT2D eigenvalue weighted by molar-refractivity contribution is 7.17. The number of aryl methyl sites for hydroxylation is 1. The van der Waals surface area contributed by atoms with Gasteiger partial charge in [-0.15, -0.1) is 21.5 Å². The maximum atomic E-state index is 13.7. The number of amides is 2. The lowest BCUT2D eigenvalue weighted by Crippen LogP contribution is -2.65. The number of nitrogens with zero attached hydrogens (tertiary/aromatic N) is 3. The van der Waals surface area contributed by atoms with Crippen LogP contribution < -0.4 is 11.1 Å². The van der Waals surface area contributed by atoms with Gasteiger partial charge in [-0.1, -0.05) is 19.9 Å². The van der Waals surface area contributed by atoms with Gasteiger partial charge in [0.15, 0.2) is 11.6 Å². The van der Waals surface area contributed by atoms with E-state index >= 15 is 0 Å². The lowest BCUT2D eigenvalue weighted by atomic mass is 9.34. The van der Waals surface area contributed by atoms with Crippen LogP contribution in [0.25, 0.3) is 21.9 Å². The van der Waals surface area contributed by atoms with Crippen LogP contribution in [0.4, 0.5) is 17.6 Å². The predicted octanol–water partition coefficient (Wildman–Crippen LogP) is 6.65. The molecule has 4 aromatic rings. The van der Waals surface area contributed by atoms with Crippen molar-refractivity contribution >= 4 is 23.2 Å². The molecule has 8 nitrogen and oxygen atoms in total. The molecule has 3 aliphatic carbocycles. The second-order valence-corrected chi connectivity index (χ2v) is 13.8. The summed E-state index contributed by atoms with van der Waals surface area (Å²) < 4.78 is 60.2. The van der Waals surface area contributed by atoms with Gasteiger partial charge < -0.3 is 15.5 Å². The number of benzene rings is 1. The number of hydrogen-bond acceptors (Lipinski definition) is 7. The lowest BCUT2D eigenvalue weighted by molar-refractivity contribution is -0.266. The lowest BCUT2D eigenvalue weighted by Gasteiger charge is -2.70. The normalized spacial score (nSPS) is 20.3. The molecular weight excluding hydrogens is 610 g/mol. The summed E-state index contributed by atoms with van der Waals surface area (Å²) in [5.74, 6) is -2.70. The van der Waals surface area contributed by atoms with Crippen molar-refractivity contribution in [3.05, 3.63) is 75.2 Å². The monoisotopic (exact) mass is 641 g/mol. The van der Waals surface area contributed by atoms with Crippen molar-refractivity contribution in [3.63, 3.8) is 0 Å². The summed E-state index contributed by atoms with van der Waals surface area (Å²) in [6, 6.07) is 6.64. The molecule has 0 radical (unpaired) electrons. The minimum absolute atomic E-state index is 0.0392. The smallest absolute Gasteiger partial charge is 0.261 e. The fraction of sp³-hybridized carbons (Fsp3) is 0.406. The van der Waals surface area contributed by atoms with Crippen LogP contribution in [-0.4, -0.2) is 33.4 Å². The molecule has 236 valence electrons. The Bertz CT molecular complexity index is 1800. The second-order valence-electron chi connectivity index (χ2n) is 12.7. The van der Waals surface area contributed by atoms with Crippen molar-refractivity contribution in [2.24, 2.45) is 22.5 Å². The maximum absolute atomic E-state index is 13.7. The van der Waals surface area contributed by atoms with Crippen molar-refractivity contribution in [2.45, 2.75) is 65.8 Å². The van der Waals surface area contributed by atoms with E-state index in [1.165, 1.54) is 6.07 Å². The Morgan fingerprint density at radius 3 is 2.38 bits per heavy atom. The first-order valence-corrected chi connectivity index (χ1v) is 15.4. The zero-order valence-electron chi connectivity index (χ0n) is 24.8. The average molecular weight is 642 g/mol. The Balaban J connectivity index is 1.43. The SMILES string of the molecule is Cc1nnc(-c2c(CC34CC(C(F)F)(C3)C4)nc(CC(C)C)c(C(N)=O)c2-c2ccc(C(=O)NCc3ccc(F)c(F)c3)s2)o1. The topological polar surface area (TPSA) is 124 Å². The Morgan fingerprint density at radius 1 is 1.04 bits per heavy atom. The van der Waals surface area contributed by atoms with Gasteiger partial charge in [-0.05, 0) is 73.3 Å². The van der Waals surface area contributed by atoms with E-state index in [4.69, 9.17) is 15.1 Å². The number of rotatable bonds is 11. The molecule has 13 heteroatoms. The number of carbonyl (C=O) groups is 2. The van der Waals surface area contributed by atoms with Crippen LogP contribution in [0.15, 0.2) is 34.7 Å². The van der Waals surface area contributed by atoms with E-state index in [-0.39, 0.29) is 40.1 Å². The largest absolute Gasteiger partial charge is 0.421 e. The van der Waals surface area contributed by atoms with Gasteiger partial charge in [0, 0.05) is 29.3 Å². The van der Waals surface area contributed by atoms with E-state index in [0.717, 1.165) is 23.5 Å². The summed E-state index contributed by atoms with van der Waals surface area (Å²) in [4.78, 5) is 32.0. The summed E-state index contributed by atoms with van der Waals surface area (Å²) in [5.41, 5.74) is 7.06. The third-order valence-electron chi connectivity index (χ3n) is 8.63. The molecule has 3 aromatic heterocycles. The van der Waals surface area contributed by atoms with Crippen molar-refractivity contribution in [1.82, 2.24) is 20.5 Å². The minimum Gasteiger partial charge on any atom is -0.421 e. The summed E-state index contributed by atoms with van der Waals surface area (Å²) in [5, 5.41) is 10.9. The zero-order chi connectivity index (χ0) is 32.3. The van der Waals surface area contributed by atoms with E-state index in [2.05, 4.69) is 15.5 Å². The van der Waals surface area contributed by atoms with Crippen LogP contribution in [-0.2, 0) is 19.4 Å². The van der Waals surface area contributed by atoms with Gasteiger partial charge in [0.2, 0.25) is 18.2 Å². The highest BCUT2D eigenvalue weighted by Gasteiger charge is 2.71. The molecule has 1 aromatic carbocycles. The van der Waals surface area contributed by atoms with Crippen molar-refractivity contribution in [2.75, 3.05) is 0 Å². The number of carbonyl (C=O) groups excluding carboxylic acids is 2. The van der Waals surface area contributed by atoms with Gasteiger partial charge in [0.25, 0.3) is 11.8 Å². The third kappa shape index (κ3) is 5.62. The van der Waals surface area contributed by atoms with Gasteiger partial charge in [-0.3, -0.25) is 14.6 Å². The molecule has 45 heavy (non-hydrogen) atoms. The summed E-state index contributed by atoms with van der Waals surface area (Å²) in [7, 11) is 0. The number of nitrogens with one attached hydrogen (secondary N) is 1. The molecule has 0 atom stereocenters. The number of nitrogens with two attached hydrogens (primary N) is 1. The van der Waals surface area contributed by atoms with E-state index in [1.807, 2.05) is 13.8 Å². The summed E-state index contributed by atoms with van der Waals surface area (Å²) in [6.07, 6.45) is -0.433. The number of thiophene rings is 1. The molecule has 7 rings (SSSR count). The minimum atomic E-state index is -2.38. The molecule has 0 aliphatic heterocycles. The van der Waals surface area contributed by atoms with Gasteiger partial charge in [0.1, 0.15) is 0 Å². The van der Waals surface area contributed by atoms with Gasteiger partial charge in [0.05, 0.1) is 27.4 Å². The van der Waals surface area contributed by atoms with Crippen molar-refractivity contribution in [3.8, 4) is 21.9 Å². The molecule has 0 unspecified atom stereocenters. The highest BCUT2D eigenvalue weighted by Crippen LogP contribution is 2.76. The Labute approximate surface area is 260 Å². The van der Waals surface area contributed by atoms with E-state index < -0.39 is 35.3 Å². The maximum Gasteiger partial charge on any atom is 0.261 e. The van der Waals surface area contributed by atoms with Crippen LogP contribution in [0.2, 0.25) is 0 Å². The highest BCUT2D eigenvalue weighted by atomic mass is 32.1. The Morgan fingerprint density at radius 2 is 1.78 bits per heavy atom. The van der Waals surface area contributed by atoms with E-state index in [1.54, 1.807) is 19.1 Å². The molecule has 0 saturated heterocycles. The van der Waals surface area contributed by atoms with Crippen molar-refractivity contribution in [1.29, 1.82) is 0 Å². The third-order valence-corrected chi connectivity index (χ3v) is 9.74. The molecule has 3 heterocycles. The molecule has 2 bridgehead atoms. The van der Waals surface area contributed by atoms with Crippen LogP contribution in [0.5, 0.6) is 0 Å². The number of pyridine rings is 1. The number of primary amides is 1. The van der Waals surface area contributed by atoms with Crippen LogP contribution in [0.3, 0.4) is 0 Å². The molecule has 3 N–H and O–H groups in total. The van der Waals surface area contributed by atoms with Gasteiger partial charge >= 0.3 is 0 Å². The summed E-state index contributed by atoms with van der Waals surface area (Å²) >= 11 is 1.10. The Hall–Kier alpha value is -4.13. The number of halogens is 4. The van der Waals surface area contributed by atoms with Crippen LogP contribution >= 0.6 is 11.3 Å². The average Bonchev–Trinajstić information content (AvgIpc) is 3.58. The summed E-state index contributed by atoms with van der Waals surface area (Å²) in [6.45, 7) is 5.55. The molecule has 3 saturated carbocycles. The number of alkyl halides is 2. The number of aromatic nitrogens is 3.